The molecule has 0 bridgehead atoms. The summed E-state index contributed by atoms with van der Waals surface area (Å²) in [5.74, 6) is 0.0239. The zero-order valence-corrected chi connectivity index (χ0v) is 14.0. The summed E-state index contributed by atoms with van der Waals surface area (Å²) in [7, 11) is 4.02. The predicted octanol–water partition coefficient (Wildman–Crippen LogP) is 1.99. The Kier molecular flexibility index (Phi) is 4.68. The lowest BCUT2D eigenvalue weighted by molar-refractivity contribution is 0.0733. The number of hydrogen-bond donors (Lipinski definition) is 0. The monoisotopic (exact) mass is 329 g/mol. The van der Waals surface area contributed by atoms with Crippen LogP contribution in [0.5, 0.6) is 0 Å². The van der Waals surface area contributed by atoms with Gasteiger partial charge < -0.3 is 9.80 Å². The molecule has 0 fully saturated rings. The third-order valence-electron chi connectivity index (χ3n) is 3.57. The SMILES string of the molecule is CN(C)CCN(Cc1cccs1)C(=O)c1ccc2nncn2c1. The number of rotatable bonds is 6. The number of hydrogen-bond acceptors (Lipinski definition) is 5. The maximum Gasteiger partial charge on any atom is 0.255 e. The van der Waals surface area contributed by atoms with Crippen LogP contribution in [0.25, 0.3) is 5.65 Å². The molecule has 3 rings (SSSR count). The van der Waals surface area contributed by atoms with Gasteiger partial charge in [0.2, 0.25) is 0 Å². The summed E-state index contributed by atoms with van der Waals surface area (Å²) in [5, 5.41) is 9.85. The van der Waals surface area contributed by atoms with Crippen LogP contribution in [0.1, 0.15) is 15.2 Å². The molecule has 0 saturated carbocycles. The van der Waals surface area contributed by atoms with Crippen molar-refractivity contribution in [3.8, 4) is 0 Å². The van der Waals surface area contributed by atoms with Crippen LogP contribution in [0, 0.1) is 0 Å². The van der Waals surface area contributed by atoms with E-state index in [1.165, 1.54) is 4.88 Å². The summed E-state index contributed by atoms with van der Waals surface area (Å²) in [4.78, 5) is 18.1. The van der Waals surface area contributed by atoms with E-state index < -0.39 is 0 Å². The van der Waals surface area contributed by atoms with E-state index in [0.717, 1.165) is 12.2 Å². The molecule has 0 N–H and O–H groups in total. The highest BCUT2D eigenvalue weighted by atomic mass is 32.1. The molecule has 7 heteroatoms. The molecule has 3 aromatic rings. The van der Waals surface area contributed by atoms with Crippen molar-refractivity contribution in [1.82, 2.24) is 24.4 Å². The van der Waals surface area contributed by atoms with Crippen LogP contribution in [0.4, 0.5) is 0 Å². The average Bonchev–Trinajstić information content (AvgIpc) is 3.20. The number of likely N-dealkylation sites (N-methyl/N-ethyl adjacent to an activating group) is 1. The van der Waals surface area contributed by atoms with Crippen LogP contribution in [0.3, 0.4) is 0 Å². The molecule has 0 aliphatic heterocycles. The summed E-state index contributed by atoms with van der Waals surface area (Å²) in [6.45, 7) is 2.14. The summed E-state index contributed by atoms with van der Waals surface area (Å²) < 4.78 is 1.77. The molecule has 0 aliphatic carbocycles. The Balaban J connectivity index is 1.82. The van der Waals surface area contributed by atoms with E-state index in [1.807, 2.05) is 42.6 Å². The standard InChI is InChI=1S/C16H19N5OS/c1-19(2)7-8-20(11-14-4-3-9-23-14)16(22)13-5-6-15-18-17-12-21(15)10-13/h3-6,9-10,12H,7-8,11H2,1-2H3. The van der Waals surface area contributed by atoms with Crippen molar-refractivity contribution in [2.24, 2.45) is 0 Å². The van der Waals surface area contributed by atoms with Gasteiger partial charge in [0.05, 0.1) is 12.1 Å². The van der Waals surface area contributed by atoms with E-state index in [-0.39, 0.29) is 5.91 Å². The number of nitrogens with zero attached hydrogens (tertiary/aromatic N) is 5. The third kappa shape index (κ3) is 3.75. The molecule has 0 aromatic carbocycles. The van der Waals surface area contributed by atoms with Crippen molar-refractivity contribution < 1.29 is 4.79 Å². The van der Waals surface area contributed by atoms with Gasteiger partial charge in [-0.2, -0.15) is 0 Å². The van der Waals surface area contributed by atoms with Crippen molar-refractivity contribution in [3.05, 3.63) is 52.6 Å². The van der Waals surface area contributed by atoms with Crippen molar-refractivity contribution in [3.63, 3.8) is 0 Å². The Labute approximate surface area is 139 Å². The normalized spacial score (nSPS) is 11.3. The summed E-state index contributed by atoms with van der Waals surface area (Å²) in [6.07, 6.45) is 3.39. The Morgan fingerprint density at radius 3 is 2.87 bits per heavy atom. The van der Waals surface area contributed by atoms with E-state index in [0.29, 0.717) is 18.7 Å². The Morgan fingerprint density at radius 2 is 2.13 bits per heavy atom. The Hall–Kier alpha value is -2.25. The molecule has 0 aliphatic rings. The molecular formula is C16H19N5OS. The fourth-order valence-electron chi connectivity index (χ4n) is 2.30. The van der Waals surface area contributed by atoms with Gasteiger partial charge in [-0.15, -0.1) is 21.5 Å². The highest BCUT2D eigenvalue weighted by molar-refractivity contribution is 7.09. The molecule has 1 amide bonds. The molecule has 0 atom stereocenters. The summed E-state index contributed by atoms with van der Waals surface area (Å²) in [6, 6.07) is 7.69. The maximum atomic E-state index is 12.9. The van der Waals surface area contributed by atoms with Gasteiger partial charge in [-0.25, -0.2) is 0 Å². The molecule has 23 heavy (non-hydrogen) atoms. The van der Waals surface area contributed by atoms with Crippen LogP contribution >= 0.6 is 11.3 Å². The molecule has 0 unspecified atom stereocenters. The topological polar surface area (TPSA) is 53.7 Å². The largest absolute Gasteiger partial charge is 0.332 e. The van der Waals surface area contributed by atoms with Gasteiger partial charge in [0.25, 0.3) is 5.91 Å². The van der Waals surface area contributed by atoms with E-state index in [4.69, 9.17) is 0 Å². The summed E-state index contributed by atoms with van der Waals surface area (Å²) in [5.41, 5.74) is 1.38. The van der Waals surface area contributed by atoms with Crippen molar-refractivity contribution in [1.29, 1.82) is 0 Å². The molecule has 0 saturated heterocycles. The first-order valence-electron chi connectivity index (χ1n) is 7.39. The zero-order chi connectivity index (χ0) is 16.2. The van der Waals surface area contributed by atoms with E-state index in [1.54, 1.807) is 28.3 Å². The number of thiophene rings is 1. The molecular weight excluding hydrogens is 310 g/mol. The van der Waals surface area contributed by atoms with Crippen LogP contribution in [-0.4, -0.2) is 57.5 Å². The smallest absolute Gasteiger partial charge is 0.255 e. The number of pyridine rings is 1. The maximum absolute atomic E-state index is 12.9. The highest BCUT2D eigenvalue weighted by Gasteiger charge is 2.17. The van der Waals surface area contributed by atoms with E-state index in [2.05, 4.69) is 21.2 Å². The number of carbonyl (C=O) groups is 1. The molecule has 0 radical (unpaired) electrons. The fourth-order valence-corrected chi connectivity index (χ4v) is 3.02. The van der Waals surface area contributed by atoms with Crippen molar-refractivity contribution >= 4 is 22.9 Å². The first kappa shape index (κ1) is 15.6. The quantitative estimate of drug-likeness (QED) is 0.694. The van der Waals surface area contributed by atoms with Gasteiger partial charge in [-0.1, -0.05) is 6.07 Å². The lowest BCUT2D eigenvalue weighted by atomic mass is 10.2. The van der Waals surface area contributed by atoms with Crippen LogP contribution < -0.4 is 0 Å². The van der Waals surface area contributed by atoms with Crippen LogP contribution in [0.15, 0.2) is 42.2 Å². The van der Waals surface area contributed by atoms with Gasteiger partial charge in [0, 0.05) is 24.2 Å². The lowest BCUT2D eigenvalue weighted by Gasteiger charge is -2.24. The van der Waals surface area contributed by atoms with Crippen LogP contribution in [0.2, 0.25) is 0 Å². The van der Waals surface area contributed by atoms with Crippen molar-refractivity contribution in [2.45, 2.75) is 6.54 Å². The van der Waals surface area contributed by atoms with Crippen LogP contribution in [-0.2, 0) is 6.54 Å². The molecule has 120 valence electrons. The second-order valence-corrected chi connectivity index (χ2v) is 6.66. The second-order valence-electron chi connectivity index (χ2n) is 5.62. The number of amides is 1. The minimum atomic E-state index is 0.0239. The fraction of sp³-hybridized carbons (Fsp3) is 0.312. The lowest BCUT2D eigenvalue weighted by Crippen LogP contribution is -2.36. The van der Waals surface area contributed by atoms with Gasteiger partial charge in [-0.3, -0.25) is 9.20 Å². The first-order valence-corrected chi connectivity index (χ1v) is 8.27. The zero-order valence-electron chi connectivity index (χ0n) is 13.2. The van der Waals surface area contributed by atoms with Crippen molar-refractivity contribution in [2.75, 3.05) is 27.2 Å². The molecule has 3 heterocycles. The predicted molar refractivity (Wildman–Crippen MR) is 90.6 cm³/mol. The third-order valence-corrected chi connectivity index (χ3v) is 4.43. The van der Waals surface area contributed by atoms with Gasteiger partial charge >= 0.3 is 0 Å². The average molecular weight is 329 g/mol. The van der Waals surface area contributed by atoms with Gasteiger partial charge in [0.1, 0.15) is 6.33 Å². The molecule has 0 spiro atoms. The molecule has 3 aromatic heterocycles. The minimum absolute atomic E-state index is 0.0239. The Bertz CT molecular complexity index is 781. The molecule has 6 nitrogen and oxygen atoms in total. The minimum Gasteiger partial charge on any atom is -0.332 e. The summed E-state index contributed by atoms with van der Waals surface area (Å²) >= 11 is 1.67. The van der Waals surface area contributed by atoms with Gasteiger partial charge in [-0.05, 0) is 37.7 Å². The number of aromatic nitrogens is 3. The van der Waals surface area contributed by atoms with E-state index in [9.17, 15) is 4.79 Å². The van der Waals surface area contributed by atoms with E-state index >= 15 is 0 Å². The number of fused-ring (bicyclic) bond motifs is 1. The van der Waals surface area contributed by atoms with Gasteiger partial charge in [0.15, 0.2) is 5.65 Å². The Morgan fingerprint density at radius 1 is 1.26 bits per heavy atom. The highest BCUT2D eigenvalue weighted by Crippen LogP contribution is 2.15. The first-order chi connectivity index (χ1) is 11.1. The second kappa shape index (κ2) is 6.89. The number of carbonyl (C=O) groups excluding carboxylic acids is 1.